The molecule has 4 nitrogen and oxygen atoms in total. The maximum Gasteiger partial charge on any atom is 0.213 e. The van der Waals surface area contributed by atoms with Gasteiger partial charge in [-0.1, -0.05) is 30.3 Å². The largest absolute Gasteiger partial charge is 0.481 e. The van der Waals surface area contributed by atoms with Gasteiger partial charge in [0, 0.05) is 25.8 Å². The van der Waals surface area contributed by atoms with Gasteiger partial charge in [-0.2, -0.15) is 0 Å². The van der Waals surface area contributed by atoms with Crippen molar-refractivity contribution in [2.75, 3.05) is 13.7 Å². The van der Waals surface area contributed by atoms with Crippen molar-refractivity contribution in [2.24, 2.45) is 0 Å². The number of aromatic nitrogens is 1. The van der Waals surface area contributed by atoms with E-state index in [0.29, 0.717) is 19.0 Å². The molecular formula is C17H22N2O2. The summed E-state index contributed by atoms with van der Waals surface area (Å²) in [5, 5.41) is 3.41. The van der Waals surface area contributed by atoms with E-state index in [1.54, 1.807) is 7.11 Å². The van der Waals surface area contributed by atoms with Crippen molar-refractivity contribution < 1.29 is 9.47 Å². The first-order valence-electron chi connectivity index (χ1n) is 7.18. The molecule has 112 valence electrons. The van der Waals surface area contributed by atoms with E-state index in [2.05, 4.69) is 28.5 Å². The molecule has 0 radical (unpaired) electrons. The van der Waals surface area contributed by atoms with Crippen molar-refractivity contribution in [1.29, 1.82) is 0 Å². The summed E-state index contributed by atoms with van der Waals surface area (Å²) in [7, 11) is 1.63. The van der Waals surface area contributed by atoms with Gasteiger partial charge in [0.25, 0.3) is 0 Å². The lowest BCUT2D eigenvalue weighted by molar-refractivity contribution is 0.133. The number of hydrogen-bond donors (Lipinski definition) is 1. The second-order valence-corrected chi connectivity index (χ2v) is 4.68. The van der Waals surface area contributed by atoms with E-state index in [1.165, 1.54) is 11.1 Å². The van der Waals surface area contributed by atoms with Gasteiger partial charge in [0.1, 0.15) is 0 Å². The second kappa shape index (κ2) is 8.39. The van der Waals surface area contributed by atoms with Crippen LogP contribution in [0.25, 0.3) is 0 Å². The maximum absolute atomic E-state index is 5.50. The lowest BCUT2D eigenvalue weighted by atomic mass is 10.1. The van der Waals surface area contributed by atoms with E-state index in [9.17, 15) is 0 Å². The first kappa shape index (κ1) is 15.5. The summed E-state index contributed by atoms with van der Waals surface area (Å²) in [4.78, 5) is 4.39. The molecule has 2 aromatic rings. The van der Waals surface area contributed by atoms with Crippen molar-refractivity contribution in [2.45, 2.75) is 26.6 Å². The molecule has 1 heterocycles. The first-order valence-corrected chi connectivity index (χ1v) is 7.18. The number of benzene rings is 1. The van der Waals surface area contributed by atoms with Gasteiger partial charge in [-0.3, -0.25) is 0 Å². The SMILES string of the molecule is CCOCc1ccccc1CNCc1cccc(OC)n1. The van der Waals surface area contributed by atoms with Crippen LogP contribution in [0.15, 0.2) is 42.5 Å². The molecule has 4 heteroatoms. The fourth-order valence-electron chi connectivity index (χ4n) is 2.08. The van der Waals surface area contributed by atoms with Crippen molar-refractivity contribution >= 4 is 0 Å². The van der Waals surface area contributed by atoms with Crippen LogP contribution in [-0.4, -0.2) is 18.7 Å². The van der Waals surface area contributed by atoms with Crippen LogP contribution in [-0.2, 0) is 24.4 Å². The molecule has 0 saturated heterocycles. The van der Waals surface area contributed by atoms with Gasteiger partial charge in [0.2, 0.25) is 5.88 Å². The Morgan fingerprint density at radius 3 is 2.57 bits per heavy atom. The van der Waals surface area contributed by atoms with Gasteiger partial charge in [0.05, 0.1) is 19.4 Å². The van der Waals surface area contributed by atoms with E-state index in [0.717, 1.165) is 18.8 Å². The van der Waals surface area contributed by atoms with Gasteiger partial charge < -0.3 is 14.8 Å². The minimum Gasteiger partial charge on any atom is -0.481 e. The number of nitrogens with one attached hydrogen (secondary N) is 1. The highest BCUT2D eigenvalue weighted by molar-refractivity contribution is 5.26. The van der Waals surface area contributed by atoms with Gasteiger partial charge in [-0.05, 0) is 24.1 Å². The van der Waals surface area contributed by atoms with Crippen molar-refractivity contribution in [3.63, 3.8) is 0 Å². The summed E-state index contributed by atoms with van der Waals surface area (Å²) in [5.41, 5.74) is 3.45. The number of nitrogens with zero attached hydrogens (tertiary/aromatic N) is 1. The lowest BCUT2D eigenvalue weighted by Gasteiger charge is -2.10. The Morgan fingerprint density at radius 1 is 1.00 bits per heavy atom. The molecule has 0 unspecified atom stereocenters. The fraction of sp³-hybridized carbons (Fsp3) is 0.353. The highest BCUT2D eigenvalue weighted by Crippen LogP contribution is 2.11. The number of rotatable bonds is 8. The fourth-order valence-corrected chi connectivity index (χ4v) is 2.08. The van der Waals surface area contributed by atoms with Crippen LogP contribution >= 0.6 is 0 Å². The summed E-state index contributed by atoms with van der Waals surface area (Å²) in [5.74, 6) is 0.644. The van der Waals surface area contributed by atoms with E-state index in [-0.39, 0.29) is 0 Å². The van der Waals surface area contributed by atoms with Crippen LogP contribution in [0.5, 0.6) is 5.88 Å². The van der Waals surface area contributed by atoms with E-state index >= 15 is 0 Å². The highest BCUT2D eigenvalue weighted by Gasteiger charge is 2.02. The average Bonchev–Trinajstić information content (AvgIpc) is 2.54. The zero-order chi connectivity index (χ0) is 14.9. The summed E-state index contributed by atoms with van der Waals surface area (Å²) >= 11 is 0. The van der Waals surface area contributed by atoms with Crippen molar-refractivity contribution in [3.8, 4) is 5.88 Å². The van der Waals surface area contributed by atoms with Crippen LogP contribution in [0.3, 0.4) is 0 Å². The molecule has 0 aliphatic carbocycles. The second-order valence-electron chi connectivity index (χ2n) is 4.68. The van der Waals surface area contributed by atoms with Crippen molar-refractivity contribution in [3.05, 3.63) is 59.3 Å². The molecule has 0 bridgehead atoms. The number of methoxy groups -OCH3 is 1. The zero-order valence-corrected chi connectivity index (χ0v) is 12.6. The molecule has 1 aromatic carbocycles. The molecule has 1 aromatic heterocycles. The van der Waals surface area contributed by atoms with E-state index in [1.807, 2.05) is 31.2 Å². The Labute approximate surface area is 126 Å². The third kappa shape index (κ3) is 4.85. The van der Waals surface area contributed by atoms with Crippen LogP contribution in [0.4, 0.5) is 0 Å². The molecule has 1 N–H and O–H groups in total. The quantitative estimate of drug-likeness (QED) is 0.810. The Morgan fingerprint density at radius 2 is 1.81 bits per heavy atom. The zero-order valence-electron chi connectivity index (χ0n) is 12.6. The Hall–Kier alpha value is -1.91. The summed E-state index contributed by atoms with van der Waals surface area (Å²) in [6.07, 6.45) is 0. The molecule has 0 amide bonds. The van der Waals surface area contributed by atoms with Crippen LogP contribution in [0.1, 0.15) is 23.7 Å². The molecule has 0 spiro atoms. The summed E-state index contributed by atoms with van der Waals surface area (Å²) < 4.78 is 10.6. The standard InChI is InChI=1S/C17H22N2O2/c1-3-21-13-15-8-5-4-7-14(15)11-18-12-16-9-6-10-17(19-16)20-2/h4-10,18H,3,11-13H2,1-2H3. The Bertz CT molecular complexity index is 558. The number of pyridine rings is 1. The van der Waals surface area contributed by atoms with E-state index in [4.69, 9.17) is 9.47 Å². The van der Waals surface area contributed by atoms with Crippen LogP contribution < -0.4 is 10.1 Å². The molecule has 0 atom stereocenters. The van der Waals surface area contributed by atoms with Crippen LogP contribution in [0.2, 0.25) is 0 Å². The van der Waals surface area contributed by atoms with Gasteiger partial charge >= 0.3 is 0 Å². The normalized spacial score (nSPS) is 10.6. The average molecular weight is 286 g/mol. The number of ether oxygens (including phenoxy) is 2. The molecule has 0 aliphatic rings. The maximum atomic E-state index is 5.50. The smallest absolute Gasteiger partial charge is 0.213 e. The van der Waals surface area contributed by atoms with Crippen LogP contribution in [0, 0.1) is 0 Å². The summed E-state index contributed by atoms with van der Waals surface area (Å²) in [6.45, 7) is 4.90. The van der Waals surface area contributed by atoms with Gasteiger partial charge in [-0.15, -0.1) is 0 Å². The Balaban J connectivity index is 1.90. The lowest BCUT2D eigenvalue weighted by Crippen LogP contribution is -2.15. The molecule has 0 saturated carbocycles. The molecule has 0 fully saturated rings. The Kier molecular flexibility index (Phi) is 6.19. The summed E-state index contributed by atoms with van der Waals surface area (Å²) in [6, 6.07) is 14.1. The van der Waals surface area contributed by atoms with E-state index < -0.39 is 0 Å². The monoisotopic (exact) mass is 286 g/mol. The highest BCUT2D eigenvalue weighted by atomic mass is 16.5. The van der Waals surface area contributed by atoms with Crippen molar-refractivity contribution in [1.82, 2.24) is 10.3 Å². The predicted octanol–water partition coefficient (Wildman–Crippen LogP) is 2.92. The molecular weight excluding hydrogens is 264 g/mol. The molecule has 0 aliphatic heterocycles. The molecule has 2 rings (SSSR count). The number of hydrogen-bond acceptors (Lipinski definition) is 4. The molecule has 21 heavy (non-hydrogen) atoms. The topological polar surface area (TPSA) is 43.4 Å². The van der Waals surface area contributed by atoms with Gasteiger partial charge in [-0.25, -0.2) is 4.98 Å². The van der Waals surface area contributed by atoms with Gasteiger partial charge in [0.15, 0.2) is 0 Å². The minimum absolute atomic E-state index is 0.644. The first-order chi connectivity index (χ1) is 10.3. The third-order valence-corrected chi connectivity index (χ3v) is 3.19. The predicted molar refractivity (Wildman–Crippen MR) is 83.1 cm³/mol. The minimum atomic E-state index is 0.644. The third-order valence-electron chi connectivity index (χ3n) is 3.19.